The summed E-state index contributed by atoms with van der Waals surface area (Å²) in [5.74, 6) is 1.32. The molecule has 40 heavy (non-hydrogen) atoms. The normalized spacial score (nSPS) is 16.9. The second-order valence-corrected chi connectivity index (χ2v) is 10.8. The fourth-order valence-electron chi connectivity index (χ4n) is 5.50. The summed E-state index contributed by atoms with van der Waals surface area (Å²) in [6.45, 7) is 7.19. The van der Waals surface area contributed by atoms with E-state index < -0.39 is 0 Å². The molecule has 1 N–H and O–H groups in total. The number of amides is 1. The van der Waals surface area contributed by atoms with Crippen LogP contribution in [0.3, 0.4) is 0 Å². The van der Waals surface area contributed by atoms with Crippen molar-refractivity contribution in [1.82, 2.24) is 20.1 Å². The highest BCUT2D eigenvalue weighted by atomic mass is 35.5. The third-order valence-electron chi connectivity index (χ3n) is 7.87. The number of nitrogens with zero attached hydrogens (tertiary/aromatic N) is 5. The molecule has 2 aromatic carbocycles. The van der Waals surface area contributed by atoms with Crippen molar-refractivity contribution in [2.75, 3.05) is 51.3 Å². The number of benzene rings is 2. The monoisotopic (exact) mass is 558 g/mol. The summed E-state index contributed by atoms with van der Waals surface area (Å²) >= 11 is 6.61. The van der Waals surface area contributed by atoms with Gasteiger partial charge < -0.3 is 15.0 Å². The zero-order valence-corrected chi connectivity index (χ0v) is 23.6. The van der Waals surface area contributed by atoms with E-state index in [9.17, 15) is 4.79 Å². The molecule has 2 saturated heterocycles. The molecule has 9 heteroatoms. The molecule has 8 nitrogen and oxygen atoms in total. The van der Waals surface area contributed by atoms with Crippen LogP contribution >= 0.6 is 11.6 Å². The molecule has 2 aliphatic rings. The molecule has 0 bridgehead atoms. The average molecular weight is 559 g/mol. The second-order valence-electron chi connectivity index (χ2n) is 10.4. The molecule has 5 rings (SSSR count). The van der Waals surface area contributed by atoms with Crippen molar-refractivity contribution in [2.45, 2.75) is 32.0 Å². The van der Waals surface area contributed by atoms with Gasteiger partial charge in [0.25, 0.3) is 5.91 Å². The third-order valence-corrected chi connectivity index (χ3v) is 8.15. The maximum atomic E-state index is 12.7. The second kappa shape index (κ2) is 13.1. The van der Waals surface area contributed by atoms with E-state index >= 15 is 0 Å². The summed E-state index contributed by atoms with van der Waals surface area (Å²) in [6, 6.07) is 20.0. The largest absolute Gasteiger partial charge is 0.497 e. The smallest absolute Gasteiger partial charge is 0.253 e. The Morgan fingerprint density at radius 2 is 1.70 bits per heavy atom. The van der Waals surface area contributed by atoms with Gasteiger partial charge in [-0.3, -0.25) is 14.6 Å². The number of aromatic nitrogens is 1. The molecule has 3 aromatic rings. The number of methoxy groups -OCH3 is 1. The Labute approximate surface area is 241 Å². The van der Waals surface area contributed by atoms with Crippen molar-refractivity contribution in [3.63, 3.8) is 0 Å². The number of hydrogen-bond donors (Lipinski definition) is 1. The number of ether oxygens (including phenoxy) is 1. The zero-order chi connectivity index (χ0) is 27.9. The first-order valence-electron chi connectivity index (χ1n) is 13.8. The summed E-state index contributed by atoms with van der Waals surface area (Å²) in [4.78, 5) is 24.6. The van der Waals surface area contributed by atoms with Crippen molar-refractivity contribution < 1.29 is 9.53 Å². The molecule has 1 aromatic heterocycles. The summed E-state index contributed by atoms with van der Waals surface area (Å²) < 4.78 is 5.18. The molecule has 0 unspecified atom stereocenters. The Hall–Kier alpha value is -3.64. The summed E-state index contributed by atoms with van der Waals surface area (Å²) in [7, 11) is 1.63. The van der Waals surface area contributed by atoms with Crippen LogP contribution in [0.25, 0.3) is 0 Å². The van der Waals surface area contributed by atoms with Crippen LogP contribution in [0.4, 0.5) is 5.82 Å². The van der Waals surface area contributed by atoms with Crippen molar-refractivity contribution in [3.8, 4) is 11.8 Å². The molecule has 0 saturated carbocycles. The van der Waals surface area contributed by atoms with Crippen molar-refractivity contribution in [3.05, 3.63) is 88.1 Å². The molecule has 208 valence electrons. The number of carbonyl (C=O) groups excluding carboxylic acids is 1. The third kappa shape index (κ3) is 6.92. The average Bonchev–Trinajstić information content (AvgIpc) is 3.01. The van der Waals surface area contributed by atoms with Crippen molar-refractivity contribution in [1.29, 1.82) is 5.26 Å². The minimum absolute atomic E-state index is 0.202. The maximum absolute atomic E-state index is 12.7. The van der Waals surface area contributed by atoms with E-state index in [1.165, 1.54) is 5.56 Å². The van der Waals surface area contributed by atoms with Gasteiger partial charge >= 0.3 is 0 Å². The van der Waals surface area contributed by atoms with Gasteiger partial charge in [-0.05, 0) is 67.4 Å². The van der Waals surface area contributed by atoms with E-state index in [4.69, 9.17) is 21.6 Å². The highest BCUT2D eigenvalue weighted by molar-refractivity contribution is 6.33. The molecule has 0 radical (unpaired) electrons. The fourth-order valence-corrected chi connectivity index (χ4v) is 5.79. The first-order chi connectivity index (χ1) is 19.5. The Balaban J connectivity index is 1.07. The molecule has 1 amide bonds. The predicted octanol–water partition coefficient (Wildman–Crippen LogP) is 4.33. The first kappa shape index (κ1) is 27.9. The molecule has 0 aliphatic carbocycles. The molecular formula is C31H35ClN6O2. The number of halogens is 1. The summed E-state index contributed by atoms with van der Waals surface area (Å²) in [6.07, 6.45) is 3.94. The van der Waals surface area contributed by atoms with Crippen LogP contribution in [0.5, 0.6) is 5.75 Å². The molecule has 0 atom stereocenters. The van der Waals surface area contributed by atoms with Crippen LogP contribution < -0.4 is 15.0 Å². The number of nitriles is 1. The number of piperidine rings is 1. The van der Waals surface area contributed by atoms with Crippen LogP contribution in [0.2, 0.25) is 5.02 Å². The molecule has 2 fully saturated rings. The lowest BCUT2D eigenvalue weighted by Crippen LogP contribution is -2.53. The number of piperazine rings is 1. The van der Waals surface area contributed by atoms with Gasteiger partial charge in [0.2, 0.25) is 0 Å². The highest BCUT2D eigenvalue weighted by Gasteiger charge is 2.28. The van der Waals surface area contributed by atoms with Gasteiger partial charge in [-0.1, -0.05) is 35.9 Å². The zero-order valence-electron chi connectivity index (χ0n) is 22.9. The van der Waals surface area contributed by atoms with Gasteiger partial charge in [-0.15, -0.1) is 0 Å². The Bertz CT molecular complexity index is 1330. The van der Waals surface area contributed by atoms with Gasteiger partial charge in [0.15, 0.2) is 0 Å². The predicted molar refractivity (Wildman–Crippen MR) is 157 cm³/mol. The number of anilines is 1. The number of likely N-dealkylation sites (tertiary alicyclic amines) is 1. The van der Waals surface area contributed by atoms with Crippen LogP contribution in [0.1, 0.15) is 39.9 Å². The SMILES string of the molecule is COc1ccc(CNC(=O)c2cnc(N3CCN(C4CCN(Cc5ccc(C#N)cc5)CC4)CC3)c(Cl)c2)cc1. The Morgan fingerprint density at radius 1 is 1.02 bits per heavy atom. The molecule has 3 heterocycles. The molecule has 0 spiro atoms. The molecule has 2 aliphatic heterocycles. The van der Waals surface area contributed by atoms with Gasteiger partial charge in [0.05, 0.1) is 29.3 Å². The van der Waals surface area contributed by atoms with E-state index in [0.29, 0.717) is 28.7 Å². The summed E-state index contributed by atoms with van der Waals surface area (Å²) in [5.41, 5.74) is 3.41. The first-order valence-corrected chi connectivity index (χ1v) is 14.2. The van der Waals surface area contributed by atoms with E-state index in [0.717, 1.165) is 75.8 Å². The number of carbonyl (C=O) groups is 1. The van der Waals surface area contributed by atoms with Gasteiger partial charge in [0, 0.05) is 51.5 Å². The maximum Gasteiger partial charge on any atom is 0.253 e. The van der Waals surface area contributed by atoms with E-state index in [2.05, 4.69) is 43.2 Å². The van der Waals surface area contributed by atoms with E-state index in [1.54, 1.807) is 19.4 Å². The number of nitrogens with one attached hydrogen (secondary N) is 1. The lowest BCUT2D eigenvalue weighted by molar-refractivity contribution is 0.0950. The number of hydrogen-bond acceptors (Lipinski definition) is 7. The highest BCUT2D eigenvalue weighted by Crippen LogP contribution is 2.27. The lowest BCUT2D eigenvalue weighted by atomic mass is 10.0. The van der Waals surface area contributed by atoms with Gasteiger partial charge in [-0.2, -0.15) is 5.26 Å². The van der Waals surface area contributed by atoms with Gasteiger partial charge in [-0.25, -0.2) is 4.98 Å². The quantitative estimate of drug-likeness (QED) is 0.440. The van der Waals surface area contributed by atoms with Crippen molar-refractivity contribution >= 4 is 23.3 Å². The van der Waals surface area contributed by atoms with Crippen LogP contribution in [0.15, 0.2) is 60.8 Å². The number of rotatable bonds is 8. The van der Waals surface area contributed by atoms with E-state index in [1.807, 2.05) is 36.4 Å². The van der Waals surface area contributed by atoms with Crippen LogP contribution in [-0.2, 0) is 13.1 Å². The summed E-state index contributed by atoms with van der Waals surface area (Å²) in [5, 5.41) is 12.4. The van der Waals surface area contributed by atoms with Crippen molar-refractivity contribution in [2.24, 2.45) is 0 Å². The standard InChI is InChI=1S/C31H35ClN6O2/c1-40-28-8-6-24(7-9-28)20-35-31(39)26-18-29(32)30(34-21-26)38-16-14-37(15-17-38)27-10-12-36(13-11-27)22-25-4-2-23(19-33)3-5-25/h2-9,18,21,27H,10-17,20,22H2,1H3,(H,35,39). The number of pyridine rings is 1. The lowest BCUT2D eigenvalue weighted by Gasteiger charge is -2.43. The van der Waals surface area contributed by atoms with Crippen LogP contribution in [-0.4, -0.2) is 73.1 Å². The minimum atomic E-state index is -0.202. The van der Waals surface area contributed by atoms with E-state index in [-0.39, 0.29) is 5.91 Å². The Kier molecular flexibility index (Phi) is 9.17. The Morgan fingerprint density at radius 3 is 2.33 bits per heavy atom. The fraction of sp³-hybridized carbons (Fsp3) is 0.387. The van der Waals surface area contributed by atoms with Crippen LogP contribution in [0, 0.1) is 11.3 Å². The van der Waals surface area contributed by atoms with Gasteiger partial charge in [0.1, 0.15) is 11.6 Å². The minimum Gasteiger partial charge on any atom is -0.497 e. The topological polar surface area (TPSA) is 84.7 Å². The molecular weight excluding hydrogens is 524 g/mol.